The van der Waals surface area contributed by atoms with Crippen LogP contribution in [0.15, 0.2) is 60.8 Å². The van der Waals surface area contributed by atoms with Crippen molar-refractivity contribution in [1.82, 2.24) is 4.98 Å². The first-order valence-corrected chi connectivity index (χ1v) is 8.21. The van der Waals surface area contributed by atoms with Gasteiger partial charge in [0.05, 0.1) is 5.56 Å². The SMILES string of the molecule is NC(=O)c1ccc(-c2cccnc2NCc2ccccc2F)c(C(F)(F)F)c1. The molecule has 0 aliphatic heterocycles. The monoisotopic (exact) mass is 389 g/mol. The summed E-state index contributed by atoms with van der Waals surface area (Å²) in [5.41, 5.74) is 4.20. The number of rotatable bonds is 5. The number of nitrogens with two attached hydrogens (primary N) is 1. The number of primary amides is 1. The van der Waals surface area contributed by atoms with Crippen LogP contribution in [-0.4, -0.2) is 10.9 Å². The molecule has 0 aliphatic rings. The molecule has 3 rings (SSSR count). The van der Waals surface area contributed by atoms with E-state index < -0.39 is 23.5 Å². The number of hydrogen-bond donors (Lipinski definition) is 2. The molecule has 0 bridgehead atoms. The Kier molecular flexibility index (Phi) is 5.30. The van der Waals surface area contributed by atoms with Gasteiger partial charge in [-0.3, -0.25) is 4.79 Å². The predicted molar refractivity (Wildman–Crippen MR) is 96.9 cm³/mol. The van der Waals surface area contributed by atoms with Gasteiger partial charge in [0.1, 0.15) is 11.6 Å². The molecule has 144 valence electrons. The lowest BCUT2D eigenvalue weighted by atomic mass is 9.97. The summed E-state index contributed by atoms with van der Waals surface area (Å²) < 4.78 is 54.5. The maximum Gasteiger partial charge on any atom is 0.417 e. The van der Waals surface area contributed by atoms with Crippen LogP contribution in [0.25, 0.3) is 11.1 Å². The van der Waals surface area contributed by atoms with Crippen molar-refractivity contribution in [2.75, 3.05) is 5.32 Å². The normalized spacial score (nSPS) is 11.3. The maximum atomic E-state index is 13.8. The summed E-state index contributed by atoms with van der Waals surface area (Å²) in [6.07, 6.45) is -3.29. The van der Waals surface area contributed by atoms with Gasteiger partial charge in [-0.15, -0.1) is 0 Å². The minimum absolute atomic E-state index is 0.0391. The van der Waals surface area contributed by atoms with Gasteiger partial charge in [0.2, 0.25) is 5.91 Å². The Morgan fingerprint density at radius 1 is 1.04 bits per heavy atom. The average Bonchev–Trinajstić information content (AvgIpc) is 2.66. The number of nitrogens with one attached hydrogen (secondary N) is 1. The second kappa shape index (κ2) is 7.67. The molecule has 1 aromatic heterocycles. The zero-order valence-electron chi connectivity index (χ0n) is 14.4. The molecule has 1 amide bonds. The minimum Gasteiger partial charge on any atom is -0.366 e. The van der Waals surface area contributed by atoms with Gasteiger partial charge >= 0.3 is 6.18 Å². The highest BCUT2D eigenvalue weighted by Crippen LogP contribution is 2.39. The van der Waals surface area contributed by atoms with Crippen molar-refractivity contribution in [3.8, 4) is 11.1 Å². The number of anilines is 1. The summed E-state index contributed by atoms with van der Waals surface area (Å²) >= 11 is 0. The van der Waals surface area contributed by atoms with Crippen LogP contribution in [0, 0.1) is 5.82 Å². The number of benzene rings is 2. The Bertz CT molecular complexity index is 1020. The van der Waals surface area contributed by atoms with Gasteiger partial charge in [0, 0.05) is 29.4 Å². The van der Waals surface area contributed by atoms with E-state index >= 15 is 0 Å². The molecule has 0 atom stereocenters. The molecule has 0 aliphatic carbocycles. The van der Waals surface area contributed by atoms with Crippen LogP contribution in [0.2, 0.25) is 0 Å². The van der Waals surface area contributed by atoms with E-state index in [2.05, 4.69) is 10.3 Å². The van der Waals surface area contributed by atoms with Crippen molar-refractivity contribution in [2.45, 2.75) is 12.7 Å². The summed E-state index contributed by atoms with van der Waals surface area (Å²) in [6.45, 7) is 0.0391. The first-order valence-electron chi connectivity index (χ1n) is 8.21. The van der Waals surface area contributed by atoms with Gasteiger partial charge in [-0.2, -0.15) is 13.2 Å². The zero-order chi connectivity index (χ0) is 20.3. The van der Waals surface area contributed by atoms with Crippen molar-refractivity contribution in [3.63, 3.8) is 0 Å². The quantitative estimate of drug-likeness (QED) is 0.626. The van der Waals surface area contributed by atoms with E-state index in [0.29, 0.717) is 11.6 Å². The van der Waals surface area contributed by atoms with Crippen LogP contribution < -0.4 is 11.1 Å². The van der Waals surface area contributed by atoms with Crippen LogP contribution >= 0.6 is 0 Å². The number of carbonyl (C=O) groups excluding carboxylic acids is 1. The summed E-state index contributed by atoms with van der Waals surface area (Å²) in [6, 6.07) is 12.1. The topological polar surface area (TPSA) is 68.0 Å². The molecule has 3 N–H and O–H groups in total. The summed E-state index contributed by atoms with van der Waals surface area (Å²) in [5, 5.41) is 2.87. The Balaban J connectivity index is 2.03. The van der Waals surface area contributed by atoms with Gasteiger partial charge in [0.25, 0.3) is 0 Å². The molecule has 3 aromatic rings. The number of alkyl halides is 3. The molecule has 28 heavy (non-hydrogen) atoms. The van der Waals surface area contributed by atoms with Crippen LogP contribution in [0.3, 0.4) is 0 Å². The second-order valence-electron chi connectivity index (χ2n) is 5.97. The van der Waals surface area contributed by atoms with E-state index in [4.69, 9.17) is 5.73 Å². The van der Waals surface area contributed by atoms with Gasteiger partial charge in [-0.1, -0.05) is 24.3 Å². The number of pyridine rings is 1. The Morgan fingerprint density at radius 2 is 1.79 bits per heavy atom. The number of nitrogens with zero attached hydrogens (tertiary/aromatic N) is 1. The number of hydrogen-bond acceptors (Lipinski definition) is 3. The Labute approximate surface area is 158 Å². The smallest absolute Gasteiger partial charge is 0.366 e. The molecule has 2 aromatic carbocycles. The van der Waals surface area contributed by atoms with E-state index in [9.17, 15) is 22.4 Å². The predicted octanol–water partition coefficient (Wildman–Crippen LogP) is 4.62. The lowest BCUT2D eigenvalue weighted by Crippen LogP contribution is -2.15. The van der Waals surface area contributed by atoms with E-state index in [-0.39, 0.29) is 29.1 Å². The van der Waals surface area contributed by atoms with Crippen molar-refractivity contribution in [3.05, 3.63) is 83.3 Å². The van der Waals surface area contributed by atoms with Crippen molar-refractivity contribution in [1.29, 1.82) is 0 Å². The fraction of sp³-hybridized carbons (Fsp3) is 0.100. The van der Waals surface area contributed by atoms with Crippen LogP contribution in [-0.2, 0) is 12.7 Å². The maximum absolute atomic E-state index is 13.8. The van der Waals surface area contributed by atoms with E-state index in [1.165, 1.54) is 36.5 Å². The lowest BCUT2D eigenvalue weighted by molar-refractivity contribution is -0.137. The molecule has 0 unspecified atom stereocenters. The van der Waals surface area contributed by atoms with Gasteiger partial charge in [-0.05, 0) is 35.9 Å². The molecule has 0 fully saturated rings. The highest BCUT2D eigenvalue weighted by Gasteiger charge is 2.35. The minimum atomic E-state index is -4.71. The number of halogens is 4. The van der Waals surface area contributed by atoms with Crippen LogP contribution in [0.4, 0.5) is 23.4 Å². The van der Waals surface area contributed by atoms with Crippen molar-refractivity contribution < 1.29 is 22.4 Å². The van der Waals surface area contributed by atoms with E-state index in [1.54, 1.807) is 18.2 Å². The molecule has 0 saturated carbocycles. The Hall–Kier alpha value is -3.42. The third-order valence-electron chi connectivity index (χ3n) is 4.11. The molecule has 1 heterocycles. The molecule has 0 spiro atoms. The number of aromatic nitrogens is 1. The zero-order valence-corrected chi connectivity index (χ0v) is 14.4. The fourth-order valence-corrected chi connectivity index (χ4v) is 2.75. The standard InChI is InChI=1S/C20H15F4N3O/c21-17-6-2-1-4-13(17)11-27-19-15(5-3-9-26-19)14-8-7-12(18(25)28)10-16(14)20(22,23)24/h1-10H,11H2,(H2,25,28)(H,26,27). The molecular formula is C20H15F4N3O. The van der Waals surface area contributed by atoms with Crippen LogP contribution in [0.5, 0.6) is 0 Å². The van der Waals surface area contributed by atoms with E-state index in [0.717, 1.165) is 0 Å². The molecule has 0 radical (unpaired) electrons. The summed E-state index contributed by atoms with van der Waals surface area (Å²) in [7, 11) is 0. The van der Waals surface area contributed by atoms with Gasteiger partial charge in [0.15, 0.2) is 0 Å². The highest BCUT2D eigenvalue weighted by molar-refractivity contribution is 5.94. The average molecular weight is 389 g/mol. The lowest BCUT2D eigenvalue weighted by Gasteiger charge is -2.17. The fourth-order valence-electron chi connectivity index (χ4n) is 2.75. The highest BCUT2D eigenvalue weighted by atomic mass is 19.4. The van der Waals surface area contributed by atoms with Crippen molar-refractivity contribution in [2.24, 2.45) is 5.73 Å². The Morgan fingerprint density at radius 3 is 2.46 bits per heavy atom. The molecule has 8 heteroatoms. The van der Waals surface area contributed by atoms with Crippen LogP contribution in [0.1, 0.15) is 21.5 Å². The third-order valence-corrected chi connectivity index (χ3v) is 4.11. The first kappa shape index (κ1) is 19.3. The number of amides is 1. The van der Waals surface area contributed by atoms with E-state index in [1.807, 2.05) is 0 Å². The van der Waals surface area contributed by atoms with Gasteiger partial charge in [-0.25, -0.2) is 9.37 Å². The van der Waals surface area contributed by atoms with Gasteiger partial charge < -0.3 is 11.1 Å². The third kappa shape index (κ3) is 4.11. The molecular weight excluding hydrogens is 374 g/mol. The summed E-state index contributed by atoms with van der Waals surface area (Å²) in [4.78, 5) is 15.4. The molecule has 0 saturated heterocycles. The second-order valence-corrected chi connectivity index (χ2v) is 5.97. The summed E-state index contributed by atoms with van der Waals surface area (Å²) in [5.74, 6) is -1.24. The van der Waals surface area contributed by atoms with Crippen molar-refractivity contribution >= 4 is 11.7 Å². The number of carbonyl (C=O) groups is 1. The first-order chi connectivity index (χ1) is 13.3. The largest absolute Gasteiger partial charge is 0.417 e. The molecule has 4 nitrogen and oxygen atoms in total.